The van der Waals surface area contributed by atoms with Crippen molar-refractivity contribution >= 4 is 11.6 Å². The van der Waals surface area contributed by atoms with Crippen molar-refractivity contribution < 1.29 is 13.2 Å². The van der Waals surface area contributed by atoms with E-state index in [4.69, 9.17) is 11.6 Å². The Kier molecular flexibility index (Phi) is 2.23. The lowest BCUT2D eigenvalue weighted by atomic mass is 9.96. The summed E-state index contributed by atoms with van der Waals surface area (Å²) in [6.45, 7) is 1.81. The number of halogens is 4. The first-order chi connectivity index (χ1) is 6.83. The van der Waals surface area contributed by atoms with Crippen LogP contribution in [0.25, 0.3) is 0 Å². The molecule has 0 atom stereocenters. The summed E-state index contributed by atoms with van der Waals surface area (Å²) in [5, 5.41) is -0.115. The lowest BCUT2D eigenvalue weighted by Gasteiger charge is -2.16. The molecule has 1 fully saturated rings. The molecular formula is C10H9ClF3N. The molecular weight excluding hydrogens is 227 g/mol. The van der Waals surface area contributed by atoms with Crippen molar-refractivity contribution in [1.29, 1.82) is 0 Å². The van der Waals surface area contributed by atoms with Crippen LogP contribution in [0.5, 0.6) is 0 Å². The van der Waals surface area contributed by atoms with Gasteiger partial charge in [0.2, 0.25) is 0 Å². The van der Waals surface area contributed by atoms with Crippen LogP contribution in [-0.2, 0) is 11.6 Å². The molecule has 5 heteroatoms. The molecule has 0 saturated heterocycles. The van der Waals surface area contributed by atoms with Gasteiger partial charge in [-0.05, 0) is 29.9 Å². The lowest BCUT2D eigenvalue weighted by Crippen LogP contribution is -2.16. The van der Waals surface area contributed by atoms with Crippen molar-refractivity contribution in [1.82, 2.24) is 4.98 Å². The smallest absolute Gasteiger partial charge is 0.231 e. The summed E-state index contributed by atoms with van der Waals surface area (Å²) < 4.78 is 38.0. The number of rotatable bonds is 1. The van der Waals surface area contributed by atoms with Crippen LogP contribution >= 0.6 is 11.6 Å². The topological polar surface area (TPSA) is 12.9 Å². The molecule has 1 aromatic heterocycles. The molecule has 0 bridgehead atoms. The van der Waals surface area contributed by atoms with Gasteiger partial charge < -0.3 is 0 Å². The minimum absolute atomic E-state index is 0.115. The first-order valence-corrected chi connectivity index (χ1v) is 4.95. The van der Waals surface area contributed by atoms with E-state index in [0.717, 1.165) is 12.8 Å². The van der Waals surface area contributed by atoms with Crippen LogP contribution in [0.4, 0.5) is 13.2 Å². The number of aromatic nitrogens is 1. The summed E-state index contributed by atoms with van der Waals surface area (Å²) in [7, 11) is 0. The lowest BCUT2D eigenvalue weighted by molar-refractivity contribution is -0.142. The van der Waals surface area contributed by atoms with E-state index >= 15 is 0 Å². The maximum atomic E-state index is 12.7. The summed E-state index contributed by atoms with van der Waals surface area (Å²) >= 11 is 5.48. The fourth-order valence-corrected chi connectivity index (χ4v) is 1.74. The van der Waals surface area contributed by atoms with E-state index in [1.807, 2.05) is 6.92 Å². The number of alkyl halides is 3. The van der Waals surface area contributed by atoms with E-state index in [-0.39, 0.29) is 16.1 Å². The minimum Gasteiger partial charge on any atom is -0.231 e. The third kappa shape index (κ3) is 1.95. The molecule has 82 valence electrons. The first kappa shape index (κ1) is 10.7. The molecule has 15 heavy (non-hydrogen) atoms. The number of nitrogens with zero attached hydrogens (tertiary/aromatic N) is 1. The monoisotopic (exact) mass is 235 g/mol. The Balaban J connectivity index is 2.55. The van der Waals surface area contributed by atoms with E-state index in [0.29, 0.717) is 0 Å². The summed E-state index contributed by atoms with van der Waals surface area (Å²) in [4.78, 5) is 3.39. The fourth-order valence-electron chi connectivity index (χ4n) is 1.60. The summed E-state index contributed by atoms with van der Waals surface area (Å²) in [6, 6.07) is 2.85. The number of pyridine rings is 1. The molecule has 0 unspecified atom stereocenters. The second-order valence-corrected chi connectivity index (χ2v) is 4.48. The van der Waals surface area contributed by atoms with Crippen LogP contribution in [0, 0.1) is 0 Å². The molecule has 0 aliphatic heterocycles. The minimum atomic E-state index is -4.42. The van der Waals surface area contributed by atoms with Gasteiger partial charge >= 0.3 is 6.18 Å². The highest BCUT2D eigenvalue weighted by atomic mass is 35.5. The first-order valence-electron chi connectivity index (χ1n) is 4.57. The standard InChI is InChI=1S/C10H9ClF3N/c1-9(4-5-9)6-2-3-7(11)15-8(6)10(12,13)14/h2-3H,4-5H2,1H3. The highest BCUT2D eigenvalue weighted by Gasteiger charge is 2.46. The van der Waals surface area contributed by atoms with Crippen molar-refractivity contribution in [3.8, 4) is 0 Å². The Hall–Kier alpha value is -0.770. The van der Waals surface area contributed by atoms with Crippen molar-refractivity contribution in [2.45, 2.75) is 31.4 Å². The molecule has 1 nitrogen and oxygen atoms in total. The maximum absolute atomic E-state index is 12.7. The van der Waals surface area contributed by atoms with Crippen molar-refractivity contribution in [2.24, 2.45) is 0 Å². The third-order valence-corrected chi connectivity index (χ3v) is 2.99. The van der Waals surface area contributed by atoms with Gasteiger partial charge in [0, 0.05) is 0 Å². The Morgan fingerprint density at radius 3 is 2.40 bits per heavy atom. The van der Waals surface area contributed by atoms with Crippen molar-refractivity contribution in [3.05, 3.63) is 28.5 Å². The van der Waals surface area contributed by atoms with Gasteiger partial charge in [-0.15, -0.1) is 0 Å². The van der Waals surface area contributed by atoms with E-state index in [2.05, 4.69) is 4.98 Å². The molecule has 1 aromatic rings. The van der Waals surface area contributed by atoms with Crippen LogP contribution in [0.2, 0.25) is 5.15 Å². The molecule has 0 radical (unpaired) electrons. The van der Waals surface area contributed by atoms with Crippen LogP contribution in [0.3, 0.4) is 0 Å². The highest BCUT2D eigenvalue weighted by molar-refractivity contribution is 6.29. The van der Waals surface area contributed by atoms with Crippen molar-refractivity contribution in [2.75, 3.05) is 0 Å². The fraction of sp³-hybridized carbons (Fsp3) is 0.500. The molecule has 2 rings (SSSR count). The highest BCUT2D eigenvalue weighted by Crippen LogP contribution is 2.51. The zero-order valence-corrected chi connectivity index (χ0v) is 8.78. The van der Waals surface area contributed by atoms with Gasteiger partial charge in [0.15, 0.2) is 0 Å². The molecule has 0 N–H and O–H groups in total. The van der Waals surface area contributed by atoms with Gasteiger partial charge in [-0.25, -0.2) is 4.98 Å². The van der Waals surface area contributed by atoms with E-state index in [1.54, 1.807) is 0 Å². The molecule has 0 amide bonds. The maximum Gasteiger partial charge on any atom is 0.433 e. The quantitative estimate of drug-likeness (QED) is 0.675. The van der Waals surface area contributed by atoms with Crippen LogP contribution < -0.4 is 0 Å². The van der Waals surface area contributed by atoms with Gasteiger partial charge in [0.25, 0.3) is 0 Å². The average Bonchev–Trinajstić information content (AvgIpc) is 2.83. The second-order valence-electron chi connectivity index (χ2n) is 4.09. The molecule has 0 spiro atoms. The van der Waals surface area contributed by atoms with Crippen LogP contribution in [0.15, 0.2) is 12.1 Å². The Labute approximate surface area is 90.3 Å². The third-order valence-electron chi connectivity index (χ3n) is 2.78. The van der Waals surface area contributed by atoms with Crippen LogP contribution in [0.1, 0.15) is 31.0 Å². The van der Waals surface area contributed by atoms with E-state index in [1.165, 1.54) is 12.1 Å². The molecule has 1 heterocycles. The van der Waals surface area contributed by atoms with E-state index in [9.17, 15) is 13.2 Å². The second kappa shape index (κ2) is 3.11. The summed E-state index contributed by atoms with van der Waals surface area (Å²) in [5.41, 5.74) is -0.933. The Bertz CT molecular complexity index is 396. The number of hydrogen-bond acceptors (Lipinski definition) is 1. The van der Waals surface area contributed by atoms with Gasteiger partial charge in [-0.1, -0.05) is 24.6 Å². The summed E-state index contributed by atoms with van der Waals surface area (Å²) in [6.07, 6.45) is -2.87. The van der Waals surface area contributed by atoms with Gasteiger partial charge in [-0.3, -0.25) is 0 Å². The Morgan fingerprint density at radius 2 is 1.93 bits per heavy atom. The normalized spacial score (nSPS) is 19.0. The number of hydrogen-bond donors (Lipinski definition) is 0. The van der Waals surface area contributed by atoms with Crippen molar-refractivity contribution in [3.63, 3.8) is 0 Å². The molecule has 1 aliphatic carbocycles. The van der Waals surface area contributed by atoms with Gasteiger partial charge in [0.05, 0.1) is 0 Å². The SMILES string of the molecule is CC1(c2ccc(Cl)nc2C(F)(F)F)CC1. The zero-order valence-electron chi connectivity index (χ0n) is 8.03. The largest absolute Gasteiger partial charge is 0.433 e. The predicted molar refractivity (Wildman–Crippen MR) is 50.8 cm³/mol. The Morgan fingerprint density at radius 1 is 1.33 bits per heavy atom. The molecule has 1 saturated carbocycles. The van der Waals surface area contributed by atoms with Gasteiger partial charge in [-0.2, -0.15) is 13.2 Å². The van der Waals surface area contributed by atoms with Crippen LogP contribution in [-0.4, -0.2) is 4.98 Å². The zero-order chi connectivity index (χ0) is 11.3. The predicted octanol–water partition coefficient (Wildman–Crippen LogP) is 3.81. The summed E-state index contributed by atoms with van der Waals surface area (Å²) in [5.74, 6) is 0. The molecule has 1 aliphatic rings. The molecule has 0 aromatic carbocycles. The van der Waals surface area contributed by atoms with E-state index < -0.39 is 11.9 Å². The van der Waals surface area contributed by atoms with Gasteiger partial charge in [0.1, 0.15) is 10.8 Å². The average molecular weight is 236 g/mol.